The zero-order chi connectivity index (χ0) is 15.4. The summed E-state index contributed by atoms with van der Waals surface area (Å²) in [6, 6.07) is 4.11. The van der Waals surface area contributed by atoms with E-state index in [2.05, 4.69) is 29.1 Å². The molecule has 0 aliphatic rings. The Morgan fingerprint density at radius 2 is 1.95 bits per heavy atom. The number of nitrogen functional groups attached to an aromatic ring is 1. The second-order valence-corrected chi connectivity index (χ2v) is 5.16. The fraction of sp³-hybridized carbons (Fsp3) is 0.375. The molecule has 0 spiro atoms. The van der Waals surface area contributed by atoms with Crippen LogP contribution in [0.5, 0.6) is 5.75 Å². The molecule has 0 unspecified atom stereocenters. The summed E-state index contributed by atoms with van der Waals surface area (Å²) in [5, 5.41) is 4.33. The normalized spacial score (nSPS) is 11.2. The maximum absolute atomic E-state index is 5.78. The van der Waals surface area contributed by atoms with Gasteiger partial charge in [-0.15, -0.1) is 0 Å². The van der Waals surface area contributed by atoms with Crippen molar-refractivity contribution in [1.29, 1.82) is 0 Å². The van der Waals surface area contributed by atoms with E-state index in [1.165, 1.54) is 0 Å². The summed E-state index contributed by atoms with van der Waals surface area (Å²) in [5.74, 6) is 1.35. The van der Waals surface area contributed by atoms with Gasteiger partial charge in [-0.2, -0.15) is 5.10 Å². The second kappa shape index (κ2) is 6.43. The summed E-state index contributed by atoms with van der Waals surface area (Å²) < 4.78 is 7.35. The number of anilines is 1. The van der Waals surface area contributed by atoms with E-state index in [4.69, 9.17) is 10.5 Å². The van der Waals surface area contributed by atoms with Gasteiger partial charge in [-0.3, -0.25) is 0 Å². The average molecular weight is 286 g/mol. The predicted molar refractivity (Wildman–Crippen MR) is 86.1 cm³/mol. The monoisotopic (exact) mass is 286 g/mol. The number of nitrogens with two attached hydrogens (primary N) is 1. The lowest BCUT2D eigenvalue weighted by molar-refractivity contribution is 0.313. The Morgan fingerprint density at radius 1 is 1.29 bits per heavy atom. The Kier molecular flexibility index (Phi) is 4.62. The van der Waals surface area contributed by atoms with Crippen molar-refractivity contribution >= 4 is 12.2 Å². The number of hydrogen-bond donors (Lipinski definition) is 1. The van der Waals surface area contributed by atoms with Crippen LogP contribution in [-0.2, 0) is 0 Å². The zero-order valence-corrected chi connectivity index (χ0v) is 13.1. The molecule has 0 atom stereocenters. The van der Waals surface area contributed by atoms with Crippen molar-refractivity contribution in [3.63, 3.8) is 0 Å². The highest BCUT2D eigenvalue weighted by molar-refractivity contribution is 5.81. The van der Waals surface area contributed by atoms with E-state index in [0.29, 0.717) is 5.95 Å². The Bertz CT molecular complexity index is 635. The van der Waals surface area contributed by atoms with Crippen molar-refractivity contribution in [3.8, 4) is 5.75 Å². The van der Waals surface area contributed by atoms with Crippen LogP contribution in [0.15, 0.2) is 23.4 Å². The summed E-state index contributed by atoms with van der Waals surface area (Å²) >= 11 is 0. The van der Waals surface area contributed by atoms with Crippen LogP contribution in [0.3, 0.4) is 0 Å². The maximum Gasteiger partial charge on any atom is 0.221 e. The molecule has 21 heavy (non-hydrogen) atoms. The van der Waals surface area contributed by atoms with Gasteiger partial charge in [0.05, 0.1) is 24.7 Å². The molecule has 0 saturated carbocycles. The van der Waals surface area contributed by atoms with Gasteiger partial charge in [0.25, 0.3) is 0 Å². The average Bonchev–Trinajstić information content (AvgIpc) is 2.74. The highest BCUT2D eigenvalue weighted by atomic mass is 16.5. The lowest BCUT2D eigenvalue weighted by atomic mass is 10.1. The lowest BCUT2D eigenvalue weighted by Gasteiger charge is -2.12. The third kappa shape index (κ3) is 3.62. The molecule has 2 N–H and O–H groups in total. The molecule has 2 aromatic rings. The molecular weight excluding hydrogens is 264 g/mol. The third-order valence-electron chi connectivity index (χ3n) is 3.10. The summed E-state index contributed by atoms with van der Waals surface area (Å²) in [7, 11) is 0. The first-order valence-electron chi connectivity index (χ1n) is 7.11. The minimum atomic E-state index is 0.389. The molecule has 0 radical (unpaired) electrons. The molecule has 0 bridgehead atoms. The van der Waals surface area contributed by atoms with E-state index in [9.17, 15) is 0 Å². The zero-order valence-electron chi connectivity index (χ0n) is 13.1. The number of imidazole rings is 1. The van der Waals surface area contributed by atoms with Crippen LogP contribution in [0, 0.1) is 20.8 Å². The van der Waals surface area contributed by atoms with Crippen molar-refractivity contribution in [2.24, 2.45) is 5.10 Å². The molecule has 1 heterocycles. The van der Waals surface area contributed by atoms with Crippen LogP contribution in [0.2, 0.25) is 0 Å². The van der Waals surface area contributed by atoms with E-state index >= 15 is 0 Å². The SMILES string of the molecule is CCCOc1c(C)cc(C=Nn2cc(C)nc2N)cc1C. The first-order chi connectivity index (χ1) is 10.0. The topological polar surface area (TPSA) is 65.4 Å². The fourth-order valence-corrected chi connectivity index (χ4v) is 2.22. The van der Waals surface area contributed by atoms with Crippen molar-refractivity contribution in [2.75, 3.05) is 12.3 Å². The van der Waals surface area contributed by atoms with E-state index in [1.807, 2.05) is 20.8 Å². The second-order valence-electron chi connectivity index (χ2n) is 5.16. The minimum Gasteiger partial charge on any atom is -0.493 e. The highest BCUT2D eigenvalue weighted by Crippen LogP contribution is 2.24. The van der Waals surface area contributed by atoms with Crippen LogP contribution < -0.4 is 10.5 Å². The van der Waals surface area contributed by atoms with Crippen molar-refractivity contribution < 1.29 is 4.74 Å². The van der Waals surface area contributed by atoms with Gasteiger partial charge in [-0.05, 0) is 56.0 Å². The van der Waals surface area contributed by atoms with Gasteiger partial charge in [0, 0.05) is 0 Å². The van der Waals surface area contributed by atoms with Gasteiger partial charge in [0.1, 0.15) is 5.75 Å². The van der Waals surface area contributed by atoms with Crippen LogP contribution in [0.1, 0.15) is 35.7 Å². The number of hydrogen-bond acceptors (Lipinski definition) is 4. The molecule has 2 rings (SSSR count). The number of aromatic nitrogens is 2. The van der Waals surface area contributed by atoms with E-state index < -0.39 is 0 Å². The quantitative estimate of drug-likeness (QED) is 0.859. The molecule has 0 saturated heterocycles. The molecule has 1 aromatic carbocycles. The number of aryl methyl sites for hydroxylation is 3. The predicted octanol–water partition coefficient (Wildman–Crippen LogP) is 3.06. The summed E-state index contributed by atoms with van der Waals surface area (Å²) in [6.07, 6.45) is 4.58. The maximum atomic E-state index is 5.78. The van der Waals surface area contributed by atoms with Gasteiger partial charge < -0.3 is 10.5 Å². The number of ether oxygens (including phenoxy) is 1. The first kappa shape index (κ1) is 15.1. The summed E-state index contributed by atoms with van der Waals surface area (Å²) in [5.41, 5.74) is 9.85. The van der Waals surface area contributed by atoms with Gasteiger partial charge in [0.2, 0.25) is 5.95 Å². The van der Waals surface area contributed by atoms with Gasteiger partial charge in [-0.1, -0.05) is 6.92 Å². The van der Waals surface area contributed by atoms with Crippen LogP contribution in [0.4, 0.5) is 5.95 Å². The Morgan fingerprint density at radius 3 is 2.48 bits per heavy atom. The number of nitrogens with zero attached hydrogens (tertiary/aromatic N) is 3. The van der Waals surface area contributed by atoms with E-state index in [1.54, 1.807) is 17.1 Å². The molecule has 0 aliphatic heterocycles. The van der Waals surface area contributed by atoms with E-state index in [0.717, 1.165) is 41.2 Å². The van der Waals surface area contributed by atoms with Crippen LogP contribution in [0.25, 0.3) is 0 Å². The molecular formula is C16H22N4O. The molecule has 1 aromatic heterocycles. The minimum absolute atomic E-state index is 0.389. The fourth-order valence-electron chi connectivity index (χ4n) is 2.22. The molecule has 5 heteroatoms. The highest BCUT2D eigenvalue weighted by Gasteiger charge is 2.05. The largest absolute Gasteiger partial charge is 0.493 e. The molecule has 112 valence electrons. The van der Waals surface area contributed by atoms with Gasteiger partial charge >= 0.3 is 0 Å². The molecule has 5 nitrogen and oxygen atoms in total. The Labute approximate surface area is 125 Å². The smallest absolute Gasteiger partial charge is 0.221 e. The van der Waals surface area contributed by atoms with Gasteiger partial charge in [-0.25, -0.2) is 9.66 Å². The molecule has 0 amide bonds. The number of benzene rings is 1. The standard InChI is InChI=1S/C16H22N4O/c1-5-6-21-15-11(2)7-14(8-12(15)3)9-18-20-10-13(4)19-16(20)17/h7-10H,5-6H2,1-4H3,(H2,17,19). The molecule has 0 aliphatic carbocycles. The van der Waals surface area contributed by atoms with Crippen molar-refractivity contribution in [1.82, 2.24) is 9.66 Å². The third-order valence-corrected chi connectivity index (χ3v) is 3.10. The van der Waals surface area contributed by atoms with Gasteiger partial charge in [0.15, 0.2) is 0 Å². The van der Waals surface area contributed by atoms with Crippen molar-refractivity contribution in [2.45, 2.75) is 34.1 Å². The summed E-state index contributed by atoms with van der Waals surface area (Å²) in [4.78, 5) is 4.11. The summed E-state index contributed by atoms with van der Waals surface area (Å²) in [6.45, 7) is 8.82. The Balaban J connectivity index is 2.23. The molecule has 0 fully saturated rings. The van der Waals surface area contributed by atoms with Crippen LogP contribution in [-0.4, -0.2) is 22.5 Å². The van der Waals surface area contributed by atoms with Crippen molar-refractivity contribution in [3.05, 3.63) is 40.7 Å². The Hall–Kier alpha value is -2.30. The van der Waals surface area contributed by atoms with Crippen LogP contribution >= 0.6 is 0 Å². The lowest BCUT2D eigenvalue weighted by Crippen LogP contribution is -2.01. The number of rotatable bonds is 5. The first-order valence-corrected chi connectivity index (χ1v) is 7.11. The van der Waals surface area contributed by atoms with E-state index in [-0.39, 0.29) is 0 Å².